The first-order valence-corrected chi connectivity index (χ1v) is 3.12. The molecule has 9 heavy (non-hydrogen) atoms. The molecule has 0 heterocycles. The highest BCUT2D eigenvalue weighted by molar-refractivity contribution is 6.19. The van der Waals surface area contributed by atoms with Crippen molar-refractivity contribution in [1.82, 2.24) is 5.01 Å². The zero-order valence-corrected chi connectivity index (χ0v) is 6.44. The molecule has 0 atom stereocenters. The van der Waals surface area contributed by atoms with Gasteiger partial charge in [-0.15, -0.1) is 11.6 Å². The standard InChI is InChI=1S/C5H12ClN3/c1-4(9(2)8)5(7)3-6/h3,7-8H2,1-2H3/b5-4-. The molecule has 0 aliphatic heterocycles. The molecule has 0 spiro atoms. The Kier molecular flexibility index (Phi) is 3.42. The van der Waals surface area contributed by atoms with Crippen LogP contribution < -0.4 is 11.6 Å². The second kappa shape index (κ2) is 3.58. The highest BCUT2D eigenvalue weighted by Crippen LogP contribution is 1.99. The first kappa shape index (κ1) is 8.59. The Balaban J connectivity index is 4.10. The fourth-order valence-electron chi connectivity index (χ4n) is 0.323. The fourth-order valence-corrected chi connectivity index (χ4v) is 0.517. The largest absolute Gasteiger partial charge is 0.400 e. The highest BCUT2D eigenvalue weighted by Gasteiger charge is 1.96. The molecule has 4 N–H and O–H groups in total. The van der Waals surface area contributed by atoms with Gasteiger partial charge in [-0.1, -0.05) is 0 Å². The lowest BCUT2D eigenvalue weighted by Crippen LogP contribution is -2.26. The molecule has 0 amide bonds. The van der Waals surface area contributed by atoms with E-state index in [0.717, 1.165) is 5.70 Å². The van der Waals surface area contributed by atoms with Gasteiger partial charge in [0.25, 0.3) is 0 Å². The zero-order valence-electron chi connectivity index (χ0n) is 5.69. The molecule has 0 bridgehead atoms. The quantitative estimate of drug-likeness (QED) is 0.336. The minimum absolute atomic E-state index is 0.327. The van der Waals surface area contributed by atoms with E-state index in [1.165, 1.54) is 5.01 Å². The molecule has 0 aromatic heterocycles. The number of rotatable bonds is 2. The summed E-state index contributed by atoms with van der Waals surface area (Å²) in [5, 5.41) is 1.44. The fraction of sp³-hybridized carbons (Fsp3) is 0.600. The van der Waals surface area contributed by atoms with Crippen LogP contribution in [0.1, 0.15) is 6.92 Å². The van der Waals surface area contributed by atoms with Crippen molar-refractivity contribution < 1.29 is 0 Å². The molecule has 3 nitrogen and oxygen atoms in total. The molecule has 54 valence electrons. The predicted molar refractivity (Wildman–Crippen MR) is 39.6 cm³/mol. The van der Waals surface area contributed by atoms with Gasteiger partial charge in [-0.3, -0.25) is 0 Å². The third-order valence-electron chi connectivity index (χ3n) is 1.14. The van der Waals surface area contributed by atoms with Crippen molar-refractivity contribution in [3.05, 3.63) is 11.4 Å². The number of hydrazine groups is 1. The van der Waals surface area contributed by atoms with Crippen molar-refractivity contribution in [2.24, 2.45) is 11.6 Å². The third-order valence-corrected chi connectivity index (χ3v) is 1.43. The molecule has 0 saturated heterocycles. The Morgan fingerprint density at radius 3 is 2.22 bits per heavy atom. The average molecular weight is 150 g/mol. The van der Waals surface area contributed by atoms with Crippen LogP contribution in [0.2, 0.25) is 0 Å². The summed E-state index contributed by atoms with van der Waals surface area (Å²) in [7, 11) is 1.72. The molecule has 0 radical (unpaired) electrons. The van der Waals surface area contributed by atoms with Crippen LogP contribution in [-0.2, 0) is 0 Å². The Morgan fingerprint density at radius 2 is 2.11 bits per heavy atom. The Bertz CT molecular complexity index is 119. The summed E-state index contributed by atoms with van der Waals surface area (Å²) in [6.45, 7) is 1.82. The number of hydrogen-bond donors (Lipinski definition) is 2. The lowest BCUT2D eigenvalue weighted by atomic mass is 10.4. The highest BCUT2D eigenvalue weighted by atomic mass is 35.5. The number of allylic oxidation sites excluding steroid dienone is 2. The third kappa shape index (κ3) is 2.58. The summed E-state index contributed by atoms with van der Waals surface area (Å²) in [6.07, 6.45) is 0. The summed E-state index contributed by atoms with van der Waals surface area (Å²) >= 11 is 5.43. The molecule has 0 fully saturated rings. The van der Waals surface area contributed by atoms with E-state index < -0.39 is 0 Å². The van der Waals surface area contributed by atoms with E-state index in [1.54, 1.807) is 7.05 Å². The van der Waals surface area contributed by atoms with Crippen molar-refractivity contribution in [1.29, 1.82) is 0 Å². The number of nitrogens with two attached hydrogens (primary N) is 2. The van der Waals surface area contributed by atoms with E-state index in [4.69, 9.17) is 23.2 Å². The second-order valence-electron chi connectivity index (χ2n) is 1.86. The van der Waals surface area contributed by atoms with Crippen LogP contribution in [0.4, 0.5) is 0 Å². The smallest absolute Gasteiger partial charge is 0.0637 e. The Hall–Kier alpha value is -0.410. The Labute approximate surface area is 60.2 Å². The van der Waals surface area contributed by atoms with E-state index in [0.29, 0.717) is 11.6 Å². The molecule has 0 aliphatic rings. The minimum atomic E-state index is 0.327. The van der Waals surface area contributed by atoms with Gasteiger partial charge in [-0.25, -0.2) is 5.84 Å². The van der Waals surface area contributed by atoms with E-state index in [9.17, 15) is 0 Å². The number of hydrogen-bond acceptors (Lipinski definition) is 3. The number of alkyl halides is 1. The van der Waals surface area contributed by atoms with E-state index in [2.05, 4.69) is 0 Å². The number of halogens is 1. The molecular weight excluding hydrogens is 138 g/mol. The van der Waals surface area contributed by atoms with Crippen LogP contribution in [0.5, 0.6) is 0 Å². The second-order valence-corrected chi connectivity index (χ2v) is 2.12. The molecule has 0 aromatic carbocycles. The van der Waals surface area contributed by atoms with Crippen LogP contribution in [0, 0.1) is 0 Å². The molecule has 0 unspecified atom stereocenters. The summed E-state index contributed by atoms with van der Waals surface area (Å²) in [4.78, 5) is 0. The van der Waals surface area contributed by atoms with Crippen molar-refractivity contribution in [2.45, 2.75) is 6.92 Å². The molecule has 0 rings (SSSR count). The minimum Gasteiger partial charge on any atom is -0.400 e. The summed E-state index contributed by atoms with van der Waals surface area (Å²) < 4.78 is 0. The van der Waals surface area contributed by atoms with Crippen LogP contribution in [-0.4, -0.2) is 17.9 Å². The van der Waals surface area contributed by atoms with Crippen molar-refractivity contribution in [3.63, 3.8) is 0 Å². The van der Waals surface area contributed by atoms with Gasteiger partial charge in [0.2, 0.25) is 0 Å². The normalized spacial score (nSPS) is 12.9. The summed E-state index contributed by atoms with van der Waals surface area (Å²) in [5.74, 6) is 5.68. The maximum absolute atomic E-state index is 5.44. The first-order chi connectivity index (χ1) is 4.09. The maximum atomic E-state index is 5.44. The van der Waals surface area contributed by atoms with Gasteiger partial charge in [-0.2, -0.15) is 0 Å². The topological polar surface area (TPSA) is 55.3 Å². The SMILES string of the molecule is C/C(=C(/N)CCl)N(C)N. The molecular formula is C5H12ClN3. The first-order valence-electron chi connectivity index (χ1n) is 2.59. The summed E-state index contributed by atoms with van der Waals surface area (Å²) in [6, 6.07) is 0. The van der Waals surface area contributed by atoms with Crippen LogP contribution in [0.25, 0.3) is 0 Å². The number of nitrogens with zero attached hydrogens (tertiary/aromatic N) is 1. The molecule has 4 heteroatoms. The van der Waals surface area contributed by atoms with Gasteiger partial charge in [0.05, 0.1) is 5.88 Å². The predicted octanol–water partition coefficient (Wildman–Crippen LogP) is 0.221. The molecule has 0 saturated carbocycles. The van der Waals surface area contributed by atoms with Crippen LogP contribution in [0.15, 0.2) is 11.4 Å². The van der Waals surface area contributed by atoms with E-state index in [-0.39, 0.29) is 0 Å². The lowest BCUT2D eigenvalue weighted by Gasteiger charge is -2.13. The summed E-state index contributed by atoms with van der Waals surface area (Å²) in [5.41, 5.74) is 6.87. The van der Waals surface area contributed by atoms with Crippen molar-refractivity contribution >= 4 is 11.6 Å². The lowest BCUT2D eigenvalue weighted by molar-refractivity contribution is 0.436. The van der Waals surface area contributed by atoms with Gasteiger partial charge in [-0.05, 0) is 6.92 Å². The van der Waals surface area contributed by atoms with Crippen molar-refractivity contribution in [2.75, 3.05) is 12.9 Å². The van der Waals surface area contributed by atoms with Crippen LogP contribution in [0.3, 0.4) is 0 Å². The average Bonchev–Trinajstić information content (AvgIpc) is 1.84. The van der Waals surface area contributed by atoms with E-state index >= 15 is 0 Å². The monoisotopic (exact) mass is 149 g/mol. The maximum Gasteiger partial charge on any atom is 0.0637 e. The zero-order chi connectivity index (χ0) is 7.44. The van der Waals surface area contributed by atoms with E-state index in [1.807, 2.05) is 6.92 Å². The Morgan fingerprint density at radius 1 is 1.67 bits per heavy atom. The van der Waals surface area contributed by atoms with Gasteiger partial charge in [0.1, 0.15) is 0 Å². The molecule has 0 aliphatic carbocycles. The van der Waals surface area contributed by atoms with Crippen molar-refractivity contribution in [3.8, 4) is 0 Å². The van der Waals surface area contributed by atoms with Gasteiger partial charge in [0, 0.05) is 18.4 Å². The van der Waals surface area contributed by atoms with Gasteiger partial charge in [0.15, 0.2) is 0 Å². The van der Waals surface area contributed by atoms with Crippen LogP contribution >= 0.6 is 11.6 Å². The molecule has 0 aromatic rings. The van der Waals surface area contributed by atoms with Gasteiger partial charge >= 0.3 is 0 Å². The van der Waals surface area contributed by atoms with Gasteiger partial charge < -0.3 is 10.7 Å².